The predicted octanol–water partition coefficient (Wildman–Crippen LogP) is 4.04. The second-order valence-corrected chi connectivity index (χ2v) is 6.13. The van der Waals surface area contributed by atoms with Crippen molar-refractivity contribution in [1.29, 1.82) is 0 Å². The van der Waals surface area contributed by atoms with Crippen LogP contribution in [0.1, 0.15) is 22.8 Å². The highest BCUT2D eigenvalue weighted by atomic mass is 35.5. The van der Waals surface area contributed by atoms with Crippen molar-refractivity contribution < 1.29 is 18.7 Å². The molecular weight excluding hydrogens is 368 g/mol. The summed E-state index contributed by atoms with van der Waals surface area (Å²) in [6.07, 6.45) is -0.389. The third-order valence-electron chi connectivity index (χ3n) is 3.44. The summed E-state index contributed by atoms with van der Waals surface area (Å²) in [4.78, 5) is 24.0. The van der Waals surface area contributed by atoms with Crippen molar-refractivity contribution in [2.45, 2.75) is 19.4 Å². The van der Waals surface area contributed by atoms with E-state index >= 15 is 0 Å². The highest BCUT2D eigenvalue weighted by molar-refractivity contribution is 6.36. The fraction of sp³-hybridized carbons (Fsp3) is 0.222. The molecule has 4 nitrogen and oxygen atoms in total. The van der Waals surface area contributed by atoms with E-state index in [0.717, 1.165) is 17.7 Å². The van der Waals surface area contributed by atoms with Gasteiger partial charge in [0.15, 0.2) is 6.10 Å². The largest absolute Gasteiger partial charge is 0.449 e. The van der Waals surface area contributed by atoms with Crippen LogP contribution in [-0.4, -0.2) is 24.5 Å². The molecule has 0 unspecified atom stereocenters. The first-order valence-corrected chi connectivity index (χ1v) is 8.31. The van der Waals surface area contributed by atoms with Gasteiger partial charge in [0.1, 0.15) is 5.82 Å². The molecule has 0 spiro atoms. The third kappa shape index (κ3) is 5.44. The van der Waals surface area contributed by atoms with E-state index in [1.807, 2.05) is 30.3 Å². The van der Waals surface area contributed by atoms with Gasteiger partial charge in [-0.15, -0.1) is 0 Å². The number of esters is 1. The first kappa shape index (κ1) is 19.2. The number of amides is 1. The van der Waals surface area contributed by atoms with Gasteiger partial charge in [0, 0.05) is 6.54 Å². The number of hydrogen-bond donors (Lipinski definition) is 1. The van der Waals surface area contributed by atoms with Crippen LogP contribution in [0, 0.1) is 5.82 Å². The number of rotatable bonds is 6. The summed E-state index contributed by atoms with van der Waals surface area (Å²) in [6.45, 7) is 1.83. The molecule has 2 rings (SSSR count). The summed E-state index contributed by atoms with van der Waals surface area (Å²) in [5.74, 6) is -2.14. The van der Waals surface area contributed by atoms with Crippen molar-refractivity contribution in [3.05, 3.63) is 69.5 Å². The average molecular weight is 384 g/mol. The van der Waals surface area contributed by atoms with Crippen LogP contribution in [0.2, 0.25) is 10.0 Å². The molecule has 0 aromatic heterocycles. The van der Waals surface area contributed by atoms with Gasteiger partial charge in [-0.2, -0.15) is 0 Å². The van der Waals surface area contributed by atoms with E-state index in [9.17, 15) is 14.0 Å². The van der Waals surface area contributed by atoms with Crippen molar-refractivity contribution in [3.8, 4) is 0 Å². The Morgan fingerprint density at radius 1 is 1.16 bits per heavy atom. The molecule has 0 aliphatic heterocycles. The summed E-state index contributed by atoms with van der Waals surface area (Å²) < 4.78 is 18.5. The number of halogens is 3. The predicted molar refractivity (Wildman–Crippen MR) is 94.5 cm³/mol. The van der Waals surface area contributed by atoms with Crippen molar-refractivity contribution in [1.82, 2.24) is 5.32 Å². The highest BCUT2D eigenvalue weighted by Crippen LogP contribution is 2.25. The fourth-order valence-corrected chi connectivity index (χ4v) is 2.54. The van der Waals surface area contributed by atoms with Gasteiger partial charge in [0.05, 0.1) is 15.6 Å². The molecule has 0 radical (unpaired) electrons. The SMILES string of the molecule is C[C@H](OC(=O)c1cc(F)c(Cl)cc1Cl)C(=O)NCCc1ccccc1. The first-order valence-electron chi connectivity index (χ1n) is 7.55. The summed E-state index contributed by atoms with van der Waals surface area (Å²) in [5, 5.41) is 2.43. The minimum Gasteiger partial charge on any atom is -0.449 e. The molecule has 0 saturated heterocycles. The lowest BCUT2D eigenvalue weighted by Gasteiger charge is -2.14. The summed E-state index contributed by atoms with van der Waals surface area (Å²) in [6, 6.07) is 11.6. The van der Waals surface area contributed by atoms with Gasteiger partial charge >= 0.3 is 5.97 Å². The van der Waals surface area contributed by atoms with Gasteiger partial charge < -0.3 is 10.1 Å². The van der Waals surface area contributed by atoms with Crippen LogP contribution >= 0.6 is 23.2 Å². The van der Waals surface area contributed by atoms with Gasteiger partial charge in [0.25, 0.3) is 5.91 Å². The molecule has 7 heteroatoms. The number of carbonyl (C=O) groups is 2. The molecule has 2 aromatic carbocycles. The maximum atomic E-state index is 13.5. The Hall–Kier alpha value is -2.11. The molecule has 132 valence electrons. The molecular formula is C18H16Cl2FNO3. The van der Waals surface area contributed by atoms with Crippen LogP contribution < -0.4 is 5.32 Å². The molecule has 0 bridgehead atoms. The lowest BCUT2D eigenvalue weighted by Crippen LogP contribution is -2.37. The first-order chi connectivity index (χ1) is 11.9. The third-order valence-corrected chi connectivity index (χ3v) is 4.04. The van der Waals surface area contributed by atoms with E-state index in [1.165, 1.54) is 6.92 Å². The Morgan fingerprint density at radius 2 is 1.84 bits per heavy atom. The fourth-order valence-electron chi connectivity index (χ4n) is 2.07. The Bertz CT molecular complexity index is 768. The molecule has 0 heterocycles. The van der Waals surface area contributed by atoms with Gasteiger partial charge in [-0.25, -0.2) is 9.18 Å². The Balaban J connectivity index is 1.88. The lowest BCUT2D eigenvalue weighted by atomic mass is 10.1. The minimum absolute atomic E-state index is 0.0481. The van der Waals surface area contributed by atoms with Crippen molar-refractivity contribution in [3.63, 3.8) is 0 Å². The number of ether oxygens (including phenoxy) is 1. The summed E-state index contributed by atoms with van der Waals surface area (Å²) in [5.41, 5.74) is 0.892. The maximum Gasteiger partial charge on any atom is 0.340 e. The van der Waals surface area contributed by atoms with E-state index in [-0.39, 0.29) is 15.6 Å². The number of benzene rings is 2. The second kappa shape index (κ2) is 8.83. The van der Waals surface area contributed by atoms with E-state index < -0.39 is 23.8 Å². The topological polar surface area (TPSA) is 55.4 Å². The molecule has 0 saturated carbocycles. The quantitative estimate of drug-likeness (QED) is 0.604. The molecule has 2 aromatic rings. The van der Waals surface area contributed by atoms with Gasteiger partial charge in [-0.05, 0) is 31.0 Å². The Morgan fingerprint density at radius 3 is 2.52 bits per heavy atom. The lowest BCUT2D eigenvalue weighted by molar-refractivity contribution is -0.129. The summed E-state index contributed by atoms with van der Waals surface area (Å²) >= 11 is 11.4. The minimum atomic E-state index is -1.04. The summed E-state index contributed by atoms with van der Waals surface area (Å²) in [7, 11) is 0. The Labute approximate surface area is 154 Å². The normalized spacial score (nSPS) is 11.7. The molecule has 0 fully saturated rings. The monoisotopic (exact) mass is 383 g/mol. The number of carbonyl (C=O) groups excluding carboxylic acids is 2. The molecule has 25 heavy (non-hydrogen) atoms. The zero-order valence-corrected chi connectivity index (χ0v) is 14.9. The van der Waals surface area contributed by atoms with Crippen molar-refractivity contribution in [2.75, 3.05) is 6.54 Å². The maximum absolute atomic E-state index is 13.5. The van der Waals surface area contributed by atoms with Gasteiger partial charge in [-0.1, -0.05) is 53.5 Å². The highest BCUT2D eigenvalue weighted by Gasteiger charge is 2.21. The number of hydrogen-bond acceptors (Lipinski definition) is 3. The molecule has 0 aliphatic carbocycles. The van der Waals surface area contributed by atoms with E-state index in [2.05, 4.69) is 5.32 Å². The second-order valence-electron chi connectivity index (χ2n) is 5.32. The van der Waals surface area contributed by atoms with E-state index in [1.54, 1.807) is 0 Å². The smallest absolute Gasteiger partial charge is 0.340 e. The van der Waals surface area contributed by atoms with Crippen LogP contribution in [0.4, 0.5) is 4.39 Å². The van der Waals surface area contributed by atoms with E-state index in [4.69, 9.17) is 27.9 Å². The molecule has 1 N–H and O–H groups in total. The van der Waals surface area contributed by atoms with Crippen LogP contribution in [0.25, 0.3) is 0 Å². The standard InChI is InChI=1S/C18H16Cl2FNO3/c1-11(17(23)22-8-7-12-5-3-2-4-6-12)25-18(24)13-9-16(21)15(20)10-14(13)19/h2-6,9-11H,7-8H2,1H3,(H,22,23)/t11-/m0/s1. The molecule has 0 aliphatic rings. The Kier molecular flexibility index (Phi) is 6.79. The van der Waals surface area contributed by atoms with Gasteiger partial charge in [0.2, 0.25) is 0 Å². The zero-order chi connectivity index (χ0) is 18.4. The van der Waals surface area contributed by atoms with Crippen molar-refractivity contribution >= 4 is 35.1 Å². The van der Waals surface area contributed by atoms with Crippen LogP contribution in [0.3, 0.4) is 0 Å². The zero-order valence-electron chi connectivity index (χ0n) is 13.4. The molecule has 1 amide bonds. The molecule has 1 atom stereocenters. The van der Waals surface area contributed by atoms with Gasteiger partial charge in [-0.3, -0.25) is 4.79 Å². The van der Waals surface area contributed by atoms with Crippen LogP contribution in [-0.2, 0) is 16.0 Å². The average Bonchev–Trinajstić information content (AvgIpc) is 2.58. The van der Waals surface area contributed by atoms with Crippen LogP contribution in [0.5, 0.6) is 0 Å². The van der Waals surface area contributed by atoms with Crippen molar-refractivity contribution in [2.24, 2.45) is 0 Å². The van der Waals surface area contributed by atoms with E-state index in [0.29, 0.717) is 13.0 Å². The number of nitrogens with one attached hydrogen (secondary N) is 1. The van der Waals surface area contributed by atoms with Crippen LogP contribution in [0.15, 0.2) is 42.5 Å².